The summed E-state index contributed by atoms with van der Waals surface area (Å²) in [6.07, 6.45) is 5.89. The third-order valence-corrected chi connectivity index (χ3v) is 2.18. The average Bonchev–Trinajstić information content (AvgIpc) is 2.70. The van der Waals surface area contributed by atoms with Gasteiger partial charge in [0.2, 0.25) is 0 Å². The van der Waals surface area contributed by atoms with Gasteiger partial charge >= 0.3 is 6.18 Å². The molecule has 0 unspecified atom stereocenters. The van der Waals surface area contributed by atoms with Crippen molar-refractivity contribution in [1.29, 1.82) is 0 Å². The highest BCUT2D eigenvalue weighted by Gasteiger charge is 2.29. The number of alkyl halides is 3. The molecule has 0 spiro atoms. The first kappa shape index (κ1) is 10.7. The zero-order valence-electron chi connectivity index (χ0n) is 8.25. The zero-order chi connectivity index (χ0) is 11.6. The Morgan fingerprint density at radius 2 is 1.75 bits per heavy atom. The summed E-state index contributed by atoms with van der Waals surface area (Å²) in [6.45, 7) is 0. The van der Waals surface area contributed by atoms with E-state index in [4.69, 9.17) is 0 Å². The molecule has 0 saturated heterocycles. The van der Waals surface area contributed by atoms with Crippen LogP contribution in [0.25, 0.3) is 6.08 Å². The lowest BCUT2D eigenvalue weighted by molar-refractivity contribution is -0.137. The molecule has 1 radical (unpaired) electrons. The number of benzene rings is 1. The summed E-state index contributed by atoms with van der Waals surface area (Å²) in [5.74, 6) is 0. The van der Waals surface area contributed by atoms with E-state index in [0.29, 0.717) is 0 Å². The van der Waals surface area contributed by atoms with Gasteiger partial charge in [-0.05, 0) is 35.4 Å². The Balaban J connectivity index is 2.23. The molecule has 0 aromatic heterocycles. The summed E-state index contributed by atoms with van der Waals surface area (Å²) in [6, 6.07) is 5.05. The Morgan fingerprint density at radius 1 is 1.06 bits per heavy atom. The Labute approximate surface area is 91.4 Å². The summed E-state index contributed by atoms with van der Waals surface area (Å²) in [5, 5.41) is 0. The van der Waals surface area contributed by atoms with E-state index in [1.165, 1.54) is 12.1 Å². The number of hydrogen-bond donors (Lipinski definition) is 0. The molecule has 2 rings (SSSR count). The minimum absolute atomic E-state index is 0.629. The topological polar surface area (TPSA) is 0 Å². The summed E-state index contributed by atoms with van der Waals surface area (Å²) in [4.78, 5) is 0. The van der Waals surface area contributed by atoms with E-state index >= 15 is 0 Å². The van der Waals surface area contributed by atoms with Gasteiger partial charge in [-0.2, -0.15) is 13.2 Å². The first-order valence-electron chi connectivity index (χ1n) is 4.71. The second kappa shape index (κ2) is 4.00. The van der Waals surface area contributed by atoms with Crippen LogP contribution < -0.4 is 0 Å². The molecule has 1 aliphatic rings. The van der Waals surface area contributed by atoms with E-state index in [1.54, 1.807) is 12.2 Å². The van der Waals surface area contributed by atoms with E-state index in [0.717, 1.165) is 23.3 Å². The molecule has 16 heavy (non-hydrogen) atoms. The lowest BCUT2D eigenvalue weighted by atomic mass is 10.1. The van der Waals surface area contributed by atoms with Gasteiger partial charge in [0.15, 0.2) is 0 Å². The van der Waals surface area contributed by atoms with Gasteiger partial charge < -0.3 is 0 Å². The molecule has 0 fully saturated rings. The van der Waals surface area contributed by atoms with Gasteiger partial charge in [-0.15, -0.1) is 0 Å². The Hall–Kier alpha value is -1.77. The maximum Gasteiger partial charge on any atom is 0.416 e. The Morgan fingerprint density at radius 3 is 2.25 bits per heavy atom. The molecule has 3 heteroatoms. The third-order valence-electron chi connectivity index (χ3n) is 2.18. The Bertz CT molecular complexity index is 445. The molecule has 1 aromatic rings. The fourth-order valence-electron chi connectivity index (χ4n) is 1.38. The van der Waals surface area contributed by atoms with Crippen molar-refractivity contribution in [1.82, 2.24) is 0 Å². The fraction of sp³-hybridized carbons (Fsp3) is 0.0769. The van der Waals surface area contributed by atoms with Crippen LogP contribution in [0.1, 0.15) is 11.1 Å². The lowest BCUT2D eigenvalue weighted by Crippen LogP contribution is -2.03. The predicted molar refractivity (Wildman–Crippen MR) is 56.4 cm³/mol. The highest BCUT2D eigenvalue weighted by atomic mass is 19.4. The molecule has 1 aromatic carbocycles. The number of allylic oxidation sites excluding steroid dienone is 5. The summed E-state index contributed by atoms with van der Waals surface area (Å²) in [5.41, 5.74) is 0.964. The van der Waals surface area contributed by atoms with Crippen LogP contribution in [-0.2, 0) is 6.18 Å². The van der Waals surface area contributed by atoms with Gasteiger partial charge in [-0.3, -0.25) is 0 Å². The molecular weight excluding hydrogens is 213 g/mol. The molecule has 0 amide bonds. The van der Waals surface area contributed by atoms with E-state index in [1.807, 2.05) is 12.2 Å². The molecule has 81 valence electrons. The molecule has 0 aliphatic heterocycles. The maximum absolute atomic E-state index is 12.3. The number of hydrogen-bond acceptors (Lipinski definition) is 0. The molecular formula is C13H8F3. The van der Waals surface area contributed by atoms with Crippen LogP contribution in [0.15, 0.2) is 48.1 Å². The van der Waals surface area contributed by atoms with Crippen LogP contribution in [0.4, 0.5) is 13.2 Å². The zero-order valence-corrected chi connectivity index (χ0v) is 8.25. The highest BCUT2D eigenvalue weighted by molar-refractivity contribution is 5.60. The predicted octanol–water partition coefficient (Wildman–Crippen LogP) is 4.02. The molecule has 0 N–H and O–H groups in total. The van der Waals surface area contributed by atoms with E-state index in [-0.39, 0.29) is 0 Å². The van der Waals surface area contributed by atoms with Crippen LogP contribution in [0.2, 0.25) is 0 Å². The number of halogens is 3. The maximum atomic E-state index is 12.3. The van der Waals surface area contributed by atoms with E-state index in [9.17, 15) is 13.2 Å². The number of rotatable bonds is 1. The van der Waals surface area contributed by atoms with Gasteiger partial charge in [0.25, 0.3) is 0 Å². The fourth-order valence-corrected chi connectivity index (χ4v) is 1.38. The second-order valence-electron chi connectivity index (χ2n) is 3.39. The van der Waals surface area contributed by atoms with Crippen molar-refractivity contribution in [3.63, 3.8) is 0 Å². The molecule has 0 heterocycles. The van der Waals surface area contributed by atoms with Gasteiger partial charge in [-0.25, -0.2) is 0 Å². The van der Waals surface area contributed by atoms with Crippen molar-refractivity contribution in [2.75, 3.05) is 0 Å². The average molecular weight is 221 g/mol. The molecule has 0 bridgehead atoms. The van der Waals surface area contributed by atoms with Crippen LogP contribution >= 0.6 is 0 Å². The summed E-state index contributed by atoms with van der Waals surface area (Å²) in [7, 11) is 0. The largest absolute Gasteiger partial charge is 0.416 e. The van der Waals surface area contributed by atoms with E-state index in [2.05, 4.69) is 6.08 Å². The minimum Gasteiger partial charge on any atom is -0.166 e. The van der Waals surface area contributed by atoms with Crippen molar-refractivity contribution in [2.45, 2.75) is 6.18 Å². The Kier molecular flexibility index (Phi) is 2.69. The summed E-state index contributed by atoms with van der Waals surface area (Å²) >= 11 is 0. The van der Waals surface area contributed by atoms with E-state index < -0.39 is 11.7 Å². The third kappa shape index (κ3) is 2.42. The van der Waals surface area contributed by atoms with Gasteiger partial charge in [-0.1, -0.05) is 30.4 Å². The second-order valence-corrected chi connectivity index (χ2v) is 3.39. The van der Waals surface area contributed by atoms with Gasteiger partial charge in [0.1, 0.15) is 0 Å². The van der Waals surface area contributed by atoms with Crippen LogP contribution in [0.3, 0.4) is 0 Å². The molecule has 0 saturated carbocycles. The van der Waals surface area contributed by atoms with Gasteiger partial charge in [0.05, 0.1) is 5.56 Å². The smallest absolute Gasteiger partial charge is 0.166 e. The monoisotopic (exact) mass is 221 g/mol. The first-order chi connectivity index (χ1) is 7.55. The minimum atomic E-state index is -4.27. The van der Waals surface area contributed by atoms with Crippen molar-refractivity contribution in [3.8, 4) is 0 Å². The van der Waals surface area contributed by atoms with Crippen molar-refractivity contribution in [2.24, 2.45) is 0 Å². The quantitative estimate of drug-likeness (QED) is 0.671. The molecule has 0 nitrogen and oxygen atoms in total. The SMILES string of the molecule is FC(F)(F)c1ccc(C=C2[C]=CC=C2)cc1. The van der Waals surface area contributed by atoms with Crippen molar-refractivity contribution < 1.29 is 13.2 Å². The first-order valence-corrected chi connectivity index (χ1v) is 4.71. The molecule has 1 aliphatic carbocycles. The standard InChI is InChI=1S/C13H8F3/c14-13(15,16)12-7-5-11(6-8-12)9-10-3-1-2-4-10/h1-3,5-9H. The van der Waals surface area contributed by atoms with Crippen LogP contribution in [0, 0.1) is 6.08 Å². The van der Waals surface area contributed by atoms with Crippen LogP contribution in [-0.4, -0.2) is 0 Å². The highest BCUT2D eigenvalue weighted by Crippen LogP contribution is 2.29. The van der Waals surface area contributed by atoms with Gasteiger partial charge in [0, 0.05) is 0 Å². The van der Waals surface area contributed by atoms with Crippen molar-refractivity contribution in [3.05, 3.63) is 65.3 Å². The van der Waals surface area contributed by atoms with Crippen LogP contribution in [0.5, 0.6) is 0 Å². The summed E-state index contributed by atoms with van der Waals surface area (Å²) < 4.78 is 36.8. The lowest BCUT2D eigenvalue weighted by Gasteiger charge is -2.06. The van der Waals surface area contributed by atoms with Crippen molar-refractivity contribution >= 4 is 6.08 Å². The molecule has 0 atom stereocenters. The normalized spacial score (nSPS) is 17.3.